The van der Waals surface area contributed by atoms with Gasteiger partial charge in [-0.15, -0.1) is 0 Å². The van der Waals surface area contributed by atoms with E-state index in [1.807, 2.05) is 42.5 Å². The molecule has 6 heteroatoms. The molecule has 128 valence electrons. The Morgan fingerprint density at radius 3 is 2.92 bits per heavy atom. The highest BCUT2D eigenvalue weighted by Crippen LogP contribution is 2.22. The zero-order valence-corrected chi connectivity index (χ0v) is 13.7. The molecule has 0 aliphatic carbocycles. The summed E-state index contributed by atoms with van der Waals surface area (Å²) in [5.41, 5.74) is 3.28. The van der Waals surface area contributed by atoms with E-state index in [2.05, 4.69) is 15.6 Å². The van der Waals surface area contributed by atoms with Crippen molar-refractivity contribution in [2.45, 2.75) is 12.5 Å². The number of morpholine rings is 1. The summed E-state index contributed by atoms with van der Waals surface area (Å²) in [5, 5.41) is 6.03. The minimum absolute atomic E-state index is 0.108. The number of hydrogen-bond donors (Lipinski definition) is 2. The van der Waals surface area contributed by atoms with Crippen LogP contribution in [0.3, 0.4) is 0 Å². The fourth-order valence-corrected chi connectivity index (χ4v) is 2.86. The van der Waals surface area contributed by atoms with Crippen LogP contribution >= 0.6 is 0 Å². The molecule has 2 aromatic carbocycles. The molecule has 25 heavy (non-hydrogen) atoms. The molecule has 1 saturated heterocycles. The van der Waals surface area contributed by atoms with Crippen LogP contribution in [0.25, 0.3) is 11.1 Å². The lowest BCUT2D eigenvalue weighted by molar-refractivity contribution is -0.120. The molecule has 0 spiro atoms. The van der Waals surface area contributed by atoms with Crippen LogP contribution < -0.4 is 10.6 Å². The maximum atomic E-state index is 12.3. The van der Waals surface area contributed by atoms with Gasteiger partial charge in [-0.25, -0.2) is 4.98 Å². The van der Waals surface area contributed by atoms with Crippen LogP contribution in [0, 0.1) is 0 Å². The van der Waals surface area contributed by atoms with Gasteiger partial charge in [-0.3, -0.25) is 4.79 Å². The normalized spacial score (nSPS) is 17.5. The van der Waals surface area contributed by atoms with Crippen molar-refractivity contribution in [2.75, 3.05) is 25.1 Å². The molecule has 2 heterocycles. The Kier molecular flexibility index (Phi) is 4.45. The standard InChI is InChI=1S/C19H19N3O3/c23-19(16-12-24-9-8-20-16)21-14-6-7-15-17(11-14)25-18(22-15)10-13-4-2-1-3-5-13/h1-7,11,16,20H,8-10,12H2,(H,21,23). The first-order valence-electron chi connectivity index (χ1n) is 8.33. The van der Waals surface area contributed by atoms with Gasteiger partial charge in [0.25, 0.3) is 0 Å². The van der Waals surface area contributed by atoms with Crippen molar-refractivity contribution in [3.05, 3.63) is 60.0 Å². The van der Waals surface area contributed by atoms with Crippen LogP contribution in [0.4, 0.5) is 5.69 Å². The summed E-state index contributed by atoms with van der Waals surface area (Å²) >= 11 is 0. The lowest BCUT2D eigenvalue weighted by Gasteiger charge is -2.22. The first-order valence-corrected chi connectivity index (χ1v) is 8.33. The van der Waals surface area contributed by atoms with Gasteiger partial charge in [0.2, 0.25) is 5.91 Å². The zero-order valence-electron chi connectivity index (χ0n) is 13.7. The largest absolute Gasteiger partial charge is 0.440 e. The SMILES string of the molecule is O=C(Nc1ccc2nc(Cc3ccccc3)oc2c1)C1COCCN1. The molecular formula is C19H19N3O3. The van der Waals surface area contributed by atoms with E-state index in [4.69, 9.17) is 9.15 Å². The Bertz CT molecular complexity index is 870. The Balaban J connectivity index is 1.49. The zero-order chi connectivity index (χ0) is 17.1. The number of oxazole rings is 1. The van der Waals surface area contributed by atoms with E-state index >= 15 is 0 Å². The molecule has 2 N–H and O–H groups in total. The predicted octanol–water partition coefficient (Wildman–Crippen LogP) is 2.35. The molecular weight excluding hydrogens is 318 g/mol. The molecule has 0 saturated carbocycles. The Morgan fingerprint density at radius 2 is 2.12 bits per heavy atom. The Morgan fingerprint density at radius 1 is 1.24 bits per heavy atom. The van der Waals surface area contributed by atoms with E-state index in [-0.39, 0.29) is 11.9 Å². The van der Waals surface area contributed by atoms with Crippen molar-refractivity contribution in [3.8, 4) is 0 Å². The van der Waals surface area contributed by atoms with Crippen molar-refractivity contribution in [1.29, 1.82) is 0 Å². The van der Waals surface area contributed by atoms with E-state index in [9.17, 15) is 4.79 Å². The van der Waals surface area contributed by atoms with Crippen molar-refractivity contribution in [1.82, 2.24) is 10.3 Å². The number of ether oxygens (including phenoxy) is 1. The van der Waals surface area contributed by atoms with Gasteiger partial charge in [-0.2, -0.15) is 0 Å². The minimum atomic E-state index is -0.326. The van der Waals surface area contributed by atoms with E-state index in [0.29, 0.717) is 43.3 Å². The number of carbonyl (C=O) groups excluding carboxylic acids is 1. The minimum Gasteiger partial charge on any atom is -0.440 e. The van der Waals surface area contributed by atoms with Gasteiger partial charge >= 0.3 is 0 Å². The molecule has 0 bridgehead atoms. The number of fused-ring (bicyclic) bond motifs is 1. The van der Waals surface area contributed by atoms with Gasteiger partial charge in [-0.05, 0) is 17.7 Å². The van der Waals surface area contributed by atoms with Gasteiger partial charge in [0, 0.05) is 24.7 Å². The van der Waals surface area contributed by atoms with Crippen LogP contribution in [-0.2, 0) is 16.0 Å². The van der Waals surface area contributed by atoms with Crippen molar-refractivity contribution in [3.63, 3.8) is 0 Å². The molecule has 1 aliphatic rings. The molecule has 1 unspecified atom stereocenters. The lowest BCUT2D eigenvalue weighted by atomic mass is 10.1. The number of anilines is 1. The van der Waals surface area contributed by atoms with Crippen LogP contribution in [-0.4, -0.2) is 36.7 Å². The third kappa shape index (κ3) is 3.70. The number of aromatic nitrogens is 1. The molecule has 1 aromatic heterocycles. The third-order valence-corrected chi connectivity index (χ3v) is 4.14. The topological polar surface area (TPSA) is 76.4 Å². The molecule has 1 amide bonds. The van der Waals surface area contributed by atoms with Crippen LogP contribution in [0.15, 0.2) is 52.9 Å². The first kappa shape index (κ1) is 15.8. The second-order valence-electron chi connectivity index (χ2n) is 6.02. The lowest BCUT2D eigenvalue weighted by Crippen LogP contribution is -2.48. The van der Waals surface area contributed by atoms with Gasteiger partial charge in [0.15, 0.2) is 11.5 Å². The summed E-state index contributed by atoms with van der Waals surface area (Å²) in [5.74, 6) is 0.551. The first-order chi connectivity index (χ1) is 12.3. The van der Waals surface area contributed by atoms with Gasteiger partial charge in [-0.1, -0.05) is 30.3 Å². The summed E-state index contributed by atoms with van der Waals surface area (Å²) in [6, 6.07) is 15.2. The second-order valence-corrected chi connectivity index (χ2v) is 6.02. The molecule has 0 radical (unpaired) electrons. The van der Waals surface area contributed by atoms with Crippen molar-refractivity contribution >= 4 is 22.7 Å². The number of carbonyl (C=O) groups is 1. The third-order valence-electron chi connectivity index (χ3n) is 4.14. The molecule has 1 atom stereocenters. The quantitative estimate of drug-likeness (QED) is 0.764. The monoisotopic (exact) mass is 337 g/mol. The average Bonchev–Trinajstić information content (AvgIpc) is 3.04. The number of benzene rings is 2. The van der Waals surface area contributed by atoms with Crippen LogP contribution in [0.5, 0.6) is 0 Å². The van der Waals surface area contributed by atoms with E-state index in [1.54, 1.807) is 6.07 Å². The summed E-state index contributed by atoms with van der Waals surface area (Å²) < 4.78 is 11.2. The number of nitrogens with zero attached hydrogens (tertiary/aromatic N) is 1. The maximum Gasteiger partial charge on any atom is 0.243 e. The summed E-state index contributed by atoms with van der Waals surface area (Å²) in [7, 11) is 0. The smallest absolute Gasteiger partial charge is 0.243 e. The van der Waals surface area contributed by atoms with E-state index in [1.165, 1.54) is 0 Å². The van der Waals surface area contributed by atoms with Gasteiger partial charge in [0.05, 0.1) is 13.2 Å². The molecule has 1 aliphatic heterocycles. The number of amides is 1. The summed E-state index contributed by atoms with van der Waals surface area (Å²) in [4.78, 5) is 16.8. The second kappa shape index (κ2) is 7.04. The number of nitrogens with one attached hydrogen (secondary N) is 2. The number of rotatable bonds is 4. The molecule has 1 fully saturated rings. The summed E-state index contributed by atoms with van der Waals surface area (Å²) in [6.07, 6.45) is 0.639. The van der Waals surface area contributed by atoms with Gasteiger partial charge in [0.1, 0.15) is 11.6 Å². The molecule has 4 rings (SSSR count). The Labute approximate surface area is 145 Å². The molecule has 6 nitrogen and oxygen atoms in total. The van der Waals surface area contributed by atoms with Crippen molar-refractivity contribution < 1.29 is 13.9 Å². The predicted molar refractivity (Wildman–Crippen MR) is 94.5 cm³/mol. The van der Waals surface area contributed by atoms with E-state index in [0.717, 1.165) is 11.1 Å². The van der Waals surface area contributed by atoms with Crippen LogP contribution in [0.2, 0.25) is 0 Å². The Hall–Kier alpha value is -2.70. The van der Waals surface area contributed by atoms with Crippen LogP contribution in [0.1, 0.15) is 11.5 Å². The average molecular weight is 337 g/mol. The highest BCUT2D eigenvalue weighted by Gasteiger charge is 2.21. The molecule has 3 aromatic rings. The highest BCUT2D eigenvalue weighted by molar-refractivity contribution is 5.96. The summed E-state index contributed by atoms with van der Waals surface area (Å²) in [6.45, 7) is 1.71. The number of hydrogen-bond acceptors (Lipinski definition) is 5. The van der Waals surface area contributed by atoms with Gasteiger partial charge < -0.3 is 19.8 Å². The fourth-order valence-electron chi connectivity index (χ4n) is 2.86. The van der Waals surface area contributed by atoms with Crippen molar-refractivity contribution in [2.24, 2.45) is 0 Å². The highest BCUT2D eigenvalue weighted by atomic mass is 16.5. The fraction of sp³-hybridized carbons (Fsp3) is 0.263. The van der Waals surface area contributed by atoms with E-state index < -0.39 is 0 Å². The maximum absolute atomic E-state index is 12.3.